The molecule has 2 nitrogen and oxygen atoms in total. The topological polar surface area (TPSA) is 35.2 Å². The van der Waals surface area contributed by atoms with Gasteiger partial charge in [-0.3, -0.25) is 0 Å². The van der Waals surface area contributed by atoms with Gasteiger partial charge in [-0.25, -0.2) is 0 Å². The quantitative estimate of drug-likeness (QED) is 0.636. The summed E-state index contributed by atoms with van der Waals surface area (Å²) in [6.45, 7) is 0. The molecule has 0 atom stereocenters. The van der Waals surface area contributed by atoms with Crippen LogP contribution in [0.2, 0.25) is 0 Å². The van der Waals surface area contributed by atoms with E-state index >= 15 is 0 Å². The Morgan fingerprint density at radius 1 is 1.29 bits per heavy atom. The third kappa shape index (κ3) is 2.51. The molecule has 0 aromatic heterocycles. The number of hydrogen-bond acceptors (Lipinski definition) is 4. The van der Waals surface area contributed by atoms with Crippen LogP contribution < -0.4 is 10.5 Å². The lowest BCUT2D eigenvalue weighted by atomic mass is 10.2. The predicted molar refractivity (Wildman–Crippen MR) is 67.2 cm³/mol. The summed E-state index contributed by atoms with van der Waals surface area (Å²) in [6.07, 6.45) is 4.17. The van der Waals surface area contributed by atoms with E-state index in [1.807, 2.05) is 18.2 Å². The zero-order valence-electron chi connectivity index (χ0n) is 8.61. The highest BCUT2D eigenvalue weighted by atomic mass is 32.2. The Bertz CT molecular complexity index is 300. The Morgan fingerprint density at radius 3 is 2.43 bits per heavy atom. The molecule has 0 unspecified atom stereocenters. The number of benzene rings is 1. The first kappa shape index (κ1) is 11.6. The van der Waals surface area contributed by atoms with E-state index < -0.39 is 0 Å². The number of methoxy groups -OCH3 is 1. The number of ether oxygens (including phenoxy) is 1. The lowest BCUT2D eigenvalue weighted by Crippen LogP contribution is -1.97. The normalized spacial score (nSPS) is 10.6. The van der Waals surface area contributed by atoms with Crippen molar-refractivity contribution in [1.82, 2.24) is 0 Å². The highest BCUT2D eigenvalue weighted by Gasteiger charge is 2.12. The van der Waals surface area contributed by atoms with Crippen LogP contribution in [-0.4, -0.2) is 19.6 Å². The van der Waals surface area contributed by atoms with E-state index in [1.54, 1.807) is 30.6 Å². The number of anilines is 1. The highest BCUT2D eigenvalue weighted by Crippen LogP contribution is 2.40. The van der Waals surface area contributed by atoms with E-state index in [0.717, 1.165) is 17.0 Å². The van der Waals surface area contributed by atoms with Gasteiger partial charge in [-0.05, 0) is 30.7 Å². The van der Waals surface area contributed by atoms with Gasteiger partial charge in [0.2, 0.25) is 0 Å². The summed E-state index contributed by atoms with van der Waals surface area (Å²) < 4.78 is 5.55. The smallest absolute Gasteiger partial charge is 0.119 e. The maximum absolute atomic E-state index is 5.91. The molecular formula is C10H15NOS2. The van der Waals surface area contributed by atoms with Crippen LogP contribution in [0, 0.1) is 0 Å². The molecule has 0 saturated heterocycles. The van der Waals surface area contributed by atoms with Crippen LogP contribution in [0.1, 0.15) is 10.1 Å². The molecule has 14 heavy (non-hydrogen) atoms. The molecule has 0 aliphatic carbocycles. The SMILES string of the molecule is COc1ccc(N)c(C(SC)SC)c1. The predicted octanol–water partition coefficient (Wildman–Crippen LogP) is 3.00. The average molecular weight is 229 g/mol. The van der Waals surface area contributed by atoms with Crippen molar-refractivity contribution in [1.29, 1.82) is 0 Å². The first-order valence-electron chi connectivity index (χ1n) is 4.22. The summed E-state index contributed by atoms with van der Waals surface area (Å²) >= 11 is 3.57. The fourth-order valence-electron chi connectivity index (χ4n) is 1.23. The van der Waals surface area contributed by atoms with Crippen LogP contribution in [0.25, 0.3) is 0 Å². The standard InChI is InChI=1S/C10H15NOS2/c1-12-7-4-5-9(11)8(6-7)10(13-2)14-3/h4-6,10H,11H2,1-3H3. The van der Waals surface area contributed by atoms with Gasteiger partial charge in [-0.1, -0.05) is 0 Å². The van der Waals surface area contributed by atoms with Crippen LogP contribution in [0.15, 0.2) is 18.2 Å². The maximum Gasteiger partial charge on any atom is 0.119 e. The molecule has 0 bridgehead atoms. The van der Waals surface area contributed by atoms with Crippen molar-refractivity contribution in [2.45, 2.75) is 4.58 Å². The Morgan fingerprint density at radius 2 is 1.93 bits per heavy atom. The number of nitrogen functional groups attached to an aromatic ring is 1. The number of rotatable bonds is 4. The van der Waals surface area contributed by atoms with Gasteiger partial charge < -0.3 is 10.5 Å². The number of hydrogen-bond donors (Lipinski definition) is 1. The zero-order chi connectivity index (χ0) is 10.6. The molecule has 0 fully saturated rings. The molecule has 0 radical (unpaired) electrons. The molecular weight excluding hydrogens is 214 g/mol. The van der Waals surface area contributed by atoms with Crippen molar-refractivity contribution in [3.8, 4) is 5.75 Å². The molecule has 2 N–H and O–H groups in total. The Labute approximate surface area is 93.6 Å². The monoisotopic (exact) mass is 229 g/mol. The van der Waals surface area contributed by atoms with Gasteiger partial charge in [0.25, 0.3) is 0 Å². The van der Waals surface area contributed by atoms with E-state index in [0.29, 0.717) is 4.58 Å². The fraction of sp³-hybridized carbons (Fsp3) is 0.400. The third-order valence-electron chi connectivity index (χ3n) is 1.98. The van der Waals surface area contributed by atoms with Crippen molar-refractivity contribution in [2.24, 2.45) is 0 Å². The summed E-state index contributed by atoms with van der Waals surface area (Å²) in [6, 6.07) is 5.79. The molecule has 78 valence electrons. The number of nitrogens with two attached hydrogens (primary N) is 1. The van der Waals surface area contributed by atoms with Crippen molar-refractivity contribution >= 4 is 29.2 Å². The molecule has 4 heteroatoms. The minimum absolute atomic E-state index is 0.380. The first-order valence-corrected chi connectivity index (χ1v) is 6.79. The van der Waals surface area contributed by atoms with Gasteiger partial charge in [0, 0.05) is 11.3 Å². The minimum atomic E-state index is 0.380. The molecule has 0 aliphatic rings. The lowest BCUT2D eigenvalue weighted by Gasteiger charge is -2.15. The van der Waals surface area contributed by atoms with E-state index in [1.165, 1.54) is 0 Å². The van der Waals surface area contributed by atoms with Crippen LogP contribution in [0.5, 0.6) is 5.75 Å². The molecule has 1 aromatic carbocycles. The van der Waals surface area contributed by atoms with Crippen molar-refractivity contribution in [3.63, 3.8) is 0 Å². The Hall–Kier alpha value is -0.480. The van der Waals surface area contributed by atoms with Gasteiger partial charge in [-0.15, -0.1) is 23.5 Å². The molecule has 0 spiro atoms. The maximum atomic E-state index is 5.91. The fourth-order valence-corrected chi connectivity index (χ4v) is 2.92. The molecule has 0 aliphatic heterocycles. The Kier molecular flexibility index (Phi) is 4.48. The number of thioether (sulfide) groups is 2. The first-order chi connectivity index (χ1) is 6.72. The molecule has 1 rings (SSSR count). The second kappa shape index (κ2) is 5.41. The van der Waals surface area contributed by atoms with Gasteiger partial charge >= 0.3 is 0 Å². The van der Waals surface area contributed by atoms with Gasteiger partial charge in [0.15, 0.2) is 0 Å². The zero-order valence-corrected chi connectivity index (χ0v) is 10.2. The van der Waals surface area contributed by atoms with Crippen LogP contribution >= 0.6 is 23.5 Å². The molecule has 0 amide bonds. The van der Waals surface area contributed by atoms with E-state index in [-0.39, 0.29) is 0 Å². The van der Waals surface area contributed by atoms with E-state index in [2.05, 4.69) is 12.5 Å². The van der Waals surface area contributed by atoms with Gasteiger partial charge in [-0.2, -0.15) is 0 Å². The summed E-state index contributed by atoms with van der Waals surface area (Å²) in [5.74, 6) is 0.863. The molecule has 0 heterocycles. The summed E-state index contributed by atoms with van der Waals surface area (Å²) in [5, 5.41) is 0. The second-order valence-corrected chi connectivity index (χ2v) is 4.98. The molecule has 1 aromatic rings. The van der Waals surface area contributed by atoms with Gasteiger partial charge in [0.05, 0.1) is 11.7 Å². The van der Waals surface area contributed by atoms with Crippen LogP contribution in [0.4, 0.5) is 5.69 Å². The third-order valence-corrected chi connectivity index (χ3v) is 4.49. The lowest BCUT2D eigenvalue weighted by molar-refractivity contribution is 0.414. The summed E-state index contributed by atoms with van der Waals surface area (Å²) in [5.41, 5.74) is 7.89. The average Bonchev–Trinajstić information content (AvgIpc) is 2.22. The summed E-state index contributed by atoms with van der Waals surface area (Å²) in [7, 11) is 1.67. The largest absolute Gasteiger partial charge is 0.497 e. The molecule has 0 saturated carbocycles. The van der Waals surface area contributed by atoms with Crippen molar-refractivity contribution in [3.05, 3.63) is 23.8 Å². The van der Waals surface area contributed by atoms with E-state index in [9.17, 15) is 0 Å². The van der Waals surface area contributed by atoms with Crippen LogP contribution in [-0.2, 0) is 0 Å². The van der Waals surface area contributed by atoms with Crippen molar-refractivity contribution < 1.29 is 4.74 Å². The van der Waals surface area contributed by atoms with Gasteiger partial charge in [0.1, 0.15) is 5.75 Å². The van der Waals surface area contributed by atoms with E-state index in [4.69, 9.17) is 10.5 Å². The Balaban J connectivity index is 3.04. The van der Waals surface area contributed by atoms with Crippen LogP contribution in [0.3, 0.4) is 0 Å². The highest BCUT2D eigenvalue weighted by molar-refractivity contribution is 8.15. The van der Waals surface area contributed by atoms with Crippen molar-refractivity contribution in [2.75, 3.05) is 25.4 Å². The second-order valence-electron chi connectivity index (χ2n) is 2.80. The summed E-state index contributed by atoms with van der Waals surface area (Å²) in [4.78, 5) is 0. The minimum Gasteiger partial charge on any atom is -0.497 e.